The SMILES string of the molecule is Nn1c(Sc2ccc([N+](=O)[O-])c(OC(F)F)c2)nnc1-c1ccco1. The molecule has 0 radical (unpaired) electrons. The molecule has 0 aliphatic heterocycles. The van der Waals surface area contributed by atoms with Crippen molar-refractivity contribution in [3.63, 3.8) is 0 Å². The maximum atomic E-state index is 12.4. The smallest absolute Gasteiger partial charge is 0.387 e. The van der Waals surface area contributed by atoms with Crippen LogP contribution in [0, 0.1) is 10.1 Å². The number of hydrogen-bond donors (Lipinski definition) is 1. The third-order valence-electron chi connectivity index (χ3n) is 2.96. The van der Waals surface area contributed by atoms with Gasteiger partial charge in [-0.2, -0.15) is 8.78 Å². The van der Waals surface area contributed by atoms with Gasteiger partial charge in [0.1, 0.15) is 0 Å². The number of ether oxygens (including phenoxy) is 1. The van der Waals surface area contributed by atoms with Crippen LogP contribution in [0.15, 0.2) is 51.1 Å². The number of nitro groups is 1. The van der Waals surface area contributed by atoms with E-state index in [1.54, 1.807) is 12.1 Å². The number of nitrogen functional groups attached to an aromatic ring is 1. The van der Waals surface area contributed by atoms with Gasteiger partial charge in [0.05, 0.1) is 11.2 Å². The second-order valence-corrected chi connectivity index (χ2v) is 5.56. The number of hydrogen-bond acceptors (Lipinski definition) is 8. The Morgan fingerprint density at radius 2 is 2.16 bits per heavy atom. The predicted molar refractivity (Wildman–Crippen MR) is 81.7 cm³/mol. The minimum atomic E-state index is -3.19. The number of nitro benzene ring substituents is 1. The summed E-state index contributed by atoms with van der Waals surface area (Å²) in [6.07, 6.45) is 1.45. The van der Waals surface area contributed by atoms with Crippen LogP contribution in [0.3, 0.4) is 0 Å². The Bertz CT molecular complexity index is 900. The molecule has 0 spiro atoms. The Balaban J connectivity index is 1.89. The molecule has 2 heterocycles. The van der Waals surface area contributed by atoms with Crippen molar-refractivity contribution >= 4 is 17.4 Å². The highest BCUT2D eigenvalue weighted by Gasteiger charge is 2.21. The van der Waals surface area contributed by atoms with Gasteiger partial charge in [0, 0.05) is 17.0 Å². The topological polar surface area (TPSA) is 122 Å². The Morgan fingerprint density at radius 1 is 1.36 bits per heavy atom. The number of nitrogens with zero attached hydrogens (tertiary/aromatic N) is 4. The minimum absolute atomic E-state index is 0.225. The maximum Gasteiger partial charge on any atom is 0.387 e. The van der Waals surface area contributed by atoms with Gasteiger partial charge in [0.15, 0.2) is 5.76 Å². The van der Waals surface area contributed by atoms with E-state index in [0.29, 0.717) is 10.7 Å². The van der Waals surface area contributed by atoms with E-state index in [1.807, 2.05) is 0 Å². The average Bonchev–Trinajstić information content (AvgIpc) is 3.17. The first kappa shape index (κ1) is 16.7. The number of benzene rings is 1. The average molecular weight is 369 g/mol. The quantitative estimate of drug-likeness (QED) is 0.400. The van der Waals surface area contributed by atoms with Crippen LogP contribution in [0.25, 0.3) is 11.6 Å². The van der Waals surface area contributed by atoms with Gasteiger partial charge in [-0.25, -0.2) is 4.68 Å². The van der Waals surface area contributed by atoms with E-state index in [2.05, 4.69) is 14.9 Å². The fraction of sp³-hybridized carbons (Fsp3) is 0.0769. The number of halogens is 2. The molecule has 25 heavy (non-hydrogen) atoms. The second kappa shape index (κ2) is 6.76. The molecule has 0 amide bonds. The number of alkyl halides is 2. The third kappa shape index (κ3) is 3.52. The lowest BCUT2D eigenvalue weighted by molar-refractivity contribution is -0.386. The molecule has 0 unspecified atom stereocenters. The Hall–Kier alpha value is -3.15. The Labute approximate surface area is 142 Å². The summed E-state index contributed by atoms with van der Waals surface area (Å²) < 4.78 is 35.4. The molecule has 2 aromatic heterocycles. The summed E-state index contributed by atoms with van der Waals surface area (Å²) in [5.41, 5.74) is -0.574. The lowest BCUT2D eigenvalue weighted by atomic mass is 10.3. The van der Waals surface area contributed by atoms with Crippen LogP contribution in [0.4, 0.5) is 14.5 Å². The largest absolute Gasteiger partial charge is 0.461 e. The summed E-state index contributed by atoms with van der Waals surface area (Å²) in [5.74, 6) is 5.99. The molecule has 2 N–H and O–H groups in total. The predicted octanol–water partition coefficient (Wildman–Crippen LogP) is 2.91. The van der Waals surface area contributed by atoms with E-state index < -0.39 is 23.0 Å². The first-order valence-corrected chi connectivity index (χ1v) is 7.43. The van der Waals surface area contributed by atoms with E-state index in [4.69, 9.17) is 10.3 Å². The van der Waals surface area contributed by atoms with Crippen molar-refractivity contribution in [2.45, 2.75) is 16.7 Å². The van der Waals surface area contributed by atoms with Crippen LogP contribution in [-0.2, 0) is 0 Å². The van der Waals surface area contributed by atoms with Crippen molar-refractivity contribution in [3.05, 3.63) is 46.7 Å². The summed E-state index contributed by atoms with van der Waals surface area (Å²) in [6.45, 7) is -3.19. The molecule has 0 atom stereocenters. The zero-order valence-corrected chi connectivity index (χ0v) is 13.0. The Morgan fingerprint density at radius 3 is 2.80 bits per heavy atom. The van der Waals surface area contributed by atoms with E-state index in [1.165, 1.54) is 12.3 Å². The highest BCUT2D eigenvalue weighted by atomic mass is 32.2. The summed E-state index contributed by atoms with van der Waals surface area (Å²) >= 11 is 0.969. The van der Waals surface area contributed by atoms with Gasteiger partial charge in [-0.1, -0.05) is 0 Å². The van der Waals surface area contributed by atoms with Crippen molar-refractivity contribution in [1.29, 1.82) is 0 Å². The van der Waals surface area contributed by atoms with Crippen LogP contribution < -0.4 is 10.6 Å². The molecular weight excluding hydrogens is 360 g/mol. The Kier molecular flexibility index (Phi) is 4.52. The molecule has 9 nitrogen and oxygen atoms in total. The van der Waals surface area contributed by atoms with Gasteiger partial charge in [-0.15, -0.1) is 10.2 Å². The molecule has 12 heteroatoms. The van der Waals surface area contributed by atoms with Crippen molar-refractivity contribution in [3.8, 4) is 17.3 Å². The van der Waals surface area contributed by atoms with Crippen molar-refractivity contribution < 1.29 is 22.9 Å². The van der Waals surface area contributed by atoms with Gasteiger partial charge in [0.2, 0.25) is 16.7 Å². The summed E-state index contributed by atoms with van der Waals surface area (Å²) in [4.78, 5) is 10.4. The van der Waals surface area contributed by atoms with Crippen LogP contribution >= 0.6 is 11.8 Å². The molecule has 130 valence electrons. The van der Waals surface area contributed by atoms with Crippen LogP contribution in [-0.4, -0.2) is 26.4 Å². The summed E-state index contributed by atoms with van der Waals surface area (Å²) in [5, 5.41) is 18.9. The lowest BCUT2D eigenvalue weighted by Crippen LogP contribution is -2.11. The molecule has 1 aromatic carbocycles. The number of aromatic nitrogens is 3. The summed E-state index contributed by atoms with van der Waals surface area (Å²) in [7, 11) is 0. The van der Waals surface area contributed by atoms with Crippen molar-refractivity contribution in [2.24, 2.45) is 0 Å². The number of furan rings is 1. The first-order chi connectivity index (χ1) is 12.0. The molecule has 0 fully saturated rings. The number of nitrogens with two attached hydrogens (primary N) is 1. The van der Waals surface area contributed by atoms with Gasteiger partial charge in [-0.3, -0.25) is 10.1 Å². The zero-order chi connectivity index (χ0) is 18.0. The standard InChI is InChI=1S/C13H9F2N5O4S/c14-12(15)24-10-6-7(3-4-8(10)20(21)22)25-13-18-17-11(19(13)16)9-2-1-5-23-9/h1-6,12H,16H2. The van der Waals surface area contributed by atoms with E-state index in [9.17, 15) is 18.9 Å². The van der Waals surface area contributed by atoms with E-state index in [-0.39, 0.29) is 11.0 Å². The lowest BCUT2D eigenvalue weighted by Gasteiger charge is -2.07. The molecule has 3 aromatic rings. The van der Waals surface area contributed by atoms with Gasteiger partial charge in [0.25, 0.3) is 0 Å². The van der Waals surface area contributed by atoms with Gasteiger partial charge in [-0.05, 0) is 30.0 Å². The fourth-order valence-electron chi connectivity index (χ4n) is 1.93. The first-order valence-electron chi connectivity index (χ1n) is 6.61. The molecule has 0 aliphatic carbocycles. The minimum Gasteiger partial charge on any atom is -0.461 e. The molecule has 0 bridgehead atoms. The van der Waals surface area contributed by atoms with Gasteiger partial charge < -0.3 is 15.0 Å². The highest BCUT2D eigenvalue weighted by molar-refractivity contribution is 7.99. The van der Waals surface area contributed by atoms with Crippen molar-refractivity contribution in [1.82, 2.24) is 14.9 Å². The van der Waals surface area contributed by atoms with E-state index >= 15 is 0 Å². The molecule has 0 saturated heterocycles. The fourth-order valence-corrected chi connectivity index (χ4v) is 2.70. The molecule has 3 rings (SSSR count). The molecular formula is C13H9F2N5O4S. The van der Waals surface area contributed by atoms with Gasteiger partial charge >= 0.3 is 12.3 Å². The van der Waals surface area contributed by atoms with Crippen LogP contribution in [0.1, 0.15) is 0 Å². The highest BCUT2D eigenvalue weighted by Crippen LogP contribution is 2.35. The van der Waals surface area contributed by atoms with Crippen molar-refractivity contribution in [2.75, 3.05) is 5.84 Å². The zero-order valence-electron chi connectivity index (χ0n) is 12.2. The molecule has 0 aliphatic rings. The second-order valence-electron chi connectivity index (χ2n) is 4.52. The maximum absolute atomic E-state index is 12.4. The monoisotopic (exact) mass is 369 g/mol. The summed E-state index contributed by atoms with van der Waals surface area (Å²) in [6, 6.07) is 6.83. The normalized spacial score (nSPS) is 11.0. The van der Waals surface area contributed by atoms with E-state index in [0.717, 1.165) is 28.6 Å². The molecule has 0 saturated carbocycles. The number of rotatable bonds is 6. The van der Waals surface area contributed by atoms with Crippen LogP contribution in [0.2, 0.25) is 0 Å². The third-order valence-corrected chi connectivity index (χ3v) is 3.91. The van der Waals surface area contributed by atoms with Crippen LogP contribution in [0.5, 0.6) is 5.75 Å².